The van der Waals surface area contributed by atoms with Crippen LogP contribution in [0.4, 0.5) is 0 Å². The molecule has 108 valence electrons. The SMILES string of the molecule is CC(C)N1CCN(C2[NH2+]C(N(C)C)SS2)CC1.[Br-]. The Bertz CT molecular complexity index is 247. The van der Waals surface area contributed by atoms with Gasteiger partial charge in [-0.2, -0.15) is 0 Å². The second kappa shape index (κ2) is 7.71. The number of nitrogens with two attached hydrogens (primary N) is 1. The molecule has 2 saturated heterocycles. The van der Waals surface area contributed by atoms with E-state index in [1.165, 1.54) is 26.2 Å². The molecule has 0 saturated carbocycles. The Morgan fingerprint density at radius 3 is 2.17 bits per heavy atom. The van der Waals surface area contributed by atoms with Crippen LogP contribution >= 0.6 is 21.6 Å². The van der Waals surface area contributed by atoms with Crippen molar-refractivity contribution < 1.29 is 22.3 Å². The fourth-order valence-corrected chi connectivity index (χ4v) is 5.48. The van der Waals surface area contributed by atoms with Crippen molar-refractivity contribution in [2.45, 2.75) is 30.9 Å². The van der Waals surface area contributed by atoms with Gasteiger partial charge in [0.15, 0.2) is 0 Å². The molecule has 2 N–H and O–H groups in total. The first-order chi connectivity index (χ1) is 8.08. The summed E-state index contributed by atoms with van der Waals surface area (Å²) in [6.45, 7) is 9.47. The number of quaternary nitrogens is 1. The molecule has 0 spiro atoms. The lowest BCUT2D eigenvalue weighted by Gasteiger charge is -2.37. The van der Waals surface area contributed by atoms with Crippen molar-refractivity contribution in [1.29, 1.82) is 0 Å². The molecule has 0 aromatic rings. The van der Waals surface area contributed by atoms with Gasteiger partial charge in [-0.15, -0.1) is 0 Å². The third kappa shape index (κ3) is 4.26. The molecule has 0 bridgehead atoms. The Balaban J connectivity index is 0.00000162. The maximum atomic E-state index is 2.63. The van der Waals surface area contributed by atoms with Gasteiger partial charge in [-0.3, -0.25) is 15.1 Å². The first-order valence-corrected chi connectivity index (χ1v) is 8.67. The Kier molecular flexibility index (Phi) is 7.31. The third-order valence-electron chi connectivity index (χ3n) is 3.53. The van der Waals surface area contributed by atoms with E-state index in [2.05, 4.69) is 48.0 Å². The highest BCUT2D eigenvalue weighted by molar-refractivity contribution is 8.77. The molecule has 2 atom stereocenters. The summed E-state index contributed by atoms with van der Waals surface area (Å²) in [6.07, 6.45) is 0. The maximum Gasteiger partial charge on any atom is 0.202 e. The van der Waals surface area contributed by atoms with Crippen LogP contribution in [0.3, 0.4) is 0 Å². The number of rotatable bonds is 3. The number of halogens is 1. The first kappa shape index (κ1) is 17.1. The molecule has 0 aromatic carbocycles. The minimum atomic E-state index is 0. The molecule has 2 rings (SSSR count). The van der Waals surface area contributed by atoms with Crippen LogP contribution in [-0.4, -0.2) is 72.0 Å². The van der Waals surface area contributed by atoms with Crippen LogP contribution in [0.2, 0.25) is 0 Å². The van der Waals surface area contributed by atoms with Gasteiger partial charge in [-0.1, -0.05) is 0 Å². The number of piperazine rings is 1. The van der Waals surface area contributed by atoms with Gasteiger partial charge < -0.3 is 17.0 Å². The lowest BCUT2D eigenvalue weighted by molar-refractivity contribution is -0.710. The van der Waals surface area contributed by atoms with Crippen molar-refractivity contribution in [3.63, 3.8) is 0 Å². The van der Waals surface area contributed by atoms with Crippen LogP contribution in [0.5, 0.6) is 0 Å². The molecule has 2 heterocycles. The zero-order valence-corrected chi connectivity index (χ0v) is 14.9. The van der Waals surface area contributed by atoms with E-state index in [-0.39, 0.29) is 17.0 Å². The van der Waals surface area contributed by atoms with Gasteiger partial charge in [0.25, 0.3) is 0 Å². The summed E-state index contributed by atoms with van der Waals surface area (Å²) in [6, 6.07) is 0.696. The van der Waals surface area contributed by atoms with E-state index in [0.717, 1.165) is 0 Å². The predicted molar refractivity (Wildman–Crippen MR) is 76.7 cm³/mol. The Morgan fingerprint density at radius 1 is 1.11 bits per heavy atom. The second-order valence-electron chi connectivity index (χ2n) is 5.30. The van der Waals surface area contributed by atoms with E-state index in [4.69, 9.17) is 0 Å². The van der Waals surface area contributed by atoms with Gasteiger partial charge in [-0.25, -0.2) is 4.90 Å². The topological polar surface area (TPSA) is 26.3 Å². The van der Waals surface area contributed by atoms with E-state index in [1.807, 2.05) is 21.6 Å². The molecule has 0 aromatic heterocycles. The smallest absolute Gasteiger partial charge is 0.202 e. The average Bonchev–Trinajstić information content (AvgIpc) is 2.78. The van der Waals surface area contributed by atoms with E-state index < -0.39 is 0 Å². The van der Waals surface area contributed by atoms with E-state index in [9.17, 15) is 0 Å². The van der Waals surface area contributed by atoms with E-state index >= 15 is 0 Å². The summed E-state index contributed by atoms with van der Waals surface area (Å²) in [5.74, 6) is 0. The summed E-state index contributed by atoms with van der Waals surface area (Å²) >= 11 is 0. The lowest BCUT2D eigenvalue weighted by atomic mass is 10.2. The van der Waals surface area contributed by atoms with Gasteiger partial charge in [0.2, 0.25) is 11.0 Å². The zero-order valence-electron chi connectivity index (χ0n) is 11.7. The van der Waals surface area contributed by atoms with Crippen LogP contribution < -0.4 is 22.3 Å². The minimum absolute atomic E-state index is 0. The fourth-order valence-electron chi connectivity index (χ4n) is 2.27. The maximum absolute atomic E-state index is 2.63. The van der Waals surface area contributed by atoms with Gasteiger partial charge in [-0.05, 0) is 49.5 Å². The average molecular weight is 357 g/mol. The highest BCUT2D eigenvalue weighted by Gasteiger charge is 2.36. The molecule has 2 aliphatic heterocycles. The largest absolute Gasteiger partial charge is 1.00 e. The van der Waals surface area contributed by atoms with Crippen molar-refractivity contribution in [2.24, 2.45) is 0 Å². The molecular weight excluding hydrogens is 332 g/mol. The zero-order chi connectivity index (χ0) is 12.4. The highest BCUT2D eigenvalue weighted by Crippen LogP contribution is 2.33. The summed E-state index contributed by atoms with van der Waals surface area (Å²) < 4.78 is 0. The minimum Gasteiger partial charge on any atom is -1.00 e. The molecule has 18 heavy (non-hydrogen) atoms. The lowest BCUT2D eigenvalue weighted by Crippen LogP contribution is -3.00. The van der Waals surface area contributed by atoms with Gasteiger partial charge in [0.05, 0.1) is 0 Å². The molecule has 0 aliphatic carbocycles. The van der Waals surface area contributed by atoms with Gasteiger partial charge in [0, 0.05) is 32.2 Å². The normalized spacial score (nSPS) is 31.0. The third-order valence-corrected chi connectivity index (χ3v) is 6.59. The van der Waals surface area contributed by atoms with Crippen molar-refractivity contribution in [1.82, 2.24) is 14.7 Å². The predicted octanol–water partition coefficient (Wildman–Crippen LogP) is -2.90. The Morgan fingerprint density at radius 2 is 1.72 bits per heavy atom. The molecule has 2 fully saturated rings. The van der Waals surface area contributed by atoms with Crippen LogP contribution in [-0.2, 0) is 0 Å². The number of hydrogen-bond donors (Lipinski definition) is 1. The molecule has 2 aliphatic rings. The summed E-state index contributed by atoms with van der Waals surface area (Å²) in [5, 5.41) is 2.49. The molecule has 4 nitrogen and oxygen atoms in total. The molecule has 2 unspecified atom stereocenters. The van der Waals surface area contributed by atoms with Gasteiger partial charge >= 0.3 is 0 Å². The van der Waals surface area contributed by atoms with Crippen molar-refractivity contribution in [3.05, 3.63) is 0 Å². The quantitative estimate of drug-likeness (QED) is 0.547. The van der Waals surface area contributed by atoms with Crippen molar-refractivity contribution >= 4 is 21.6 Å². The molecule has 0 radical (unpaired) electrons. The van der Waals surface area contributed by atoms with Gasteiger partial charge in [0.1, 0.15) is 0 Å². The van der Waals surface area contributed by atoms with Crippen LogP contribution in [0.1, 0.15) is 13.8 Å². The Labute approximate surface area is 129 Å². The van der Waals surface area contributed by atoms with Crippen LogP contribution in [0.15, 0.2) is 0 Å². The monoisotopic (exact) mass is 356 g/mol. The number of hydrogen-bond acceptors (Lipinski definition) is 5. The van der Waals surface area contributed by atoms with E-state index in [1.54, 1.807) is 0 Å². The first-order valence-electron chi connectivity index (χ1n) is 6.39. The second-order valence-corrected chi connectivity index (χ2v) is 7.80. The van der Waals surface area contributed by atoms with Crippen LogP contribution in [0.25, 0.3) is 0 Å². The van der Waals surface area contributed by atoms with Crippen molar-refractivity contribution in [2.75, 3.05) is 40.3 Å². The summed E-state index contributed by atoms with van der Waals surface area (Å²) in [7, 11) is 8.33. The van der Waals surface area contributed by atoms with Crippen LogP contribution in [0, 0.1) is 0 Å². The molecular formula is C11H25BrN4S2. The molecule has 0 amide bonds. The Hall–Kier alpha value is 1.02. The number of nitrogens with zero attached hydrogens (tertiary/aromatic N) is 3. The summed E-state index contributed by atoms with van der Waals surface area (Å²) in [5.41, 5.74) is 1.19. The molecule has 7 heteroatoms. The summed E-state index contributed by atoms with van der Waals surface area (Å²) in [4.78, 5) is 7.49. The highest BCUT2D eigenvalue weighted by atomic mass is 79.9. The fraction of sp³-hybridized carbons (Fsp3) is 1.00. The van der Waals surface area contributed by atoms with Crippen molar-refractivity contribution in [3.8, 4) is 0 Å². The van der Waals surface area contributed by atoms with E-state index in [0.29, 0.717) is 17.0 Å². The standard InChI is InChI=1S/C11H24N4S2.BrH/c1-9(2)14-5-7-15(8-6-14)11-12-10(13(3)4)16-17-11;/h9-12H,5-8H2,1-4H3;1H.